The first kappa shape index (κ1) is 15.0. The fraction of sp³-hybridized carbons (Fsp3) is 0.300. The normalized spacial score (nSPS) is 11.2. The quantitative estimate of drug-likeness (QED) is 0.488. The Kier molecular flexibility index (Phi) is 5.37. The van der Waals surface area contributed by atoms with Crippen LogP contribution >= 0.6 is 15.9 Å². The number of nitrogens with one attached hydrogen (secondary N) is 1. The van der Waals surface area contributed by atoms with E-state index in [-0.39, 0.29) is 11.4 Å². The number of benzene rings is 1. The summed E-state index contributed by atoms with van der Waals surface area (Å²) in [6.45, 7) is 1.96. The monoisotopic (exact) mass is 330 g/mol. The lowest BCUT2D eigenvalue weighted by atomic mass is 10.2. The largest absolute Gasteiger partial charge is 0.301 e. The number of nitro groups is 2. The molecule has 0 unspecified atom stereocenters. The van der Waals surface area contributed by atoms with Gasteiger partial charge in [0.15, 0.2) is 0 Å². The number of hydrogen-bond acceptors (Lipinski definition) is 6. The van der Waals surface area contributed by atoms with Crippen molar-refractivity contribution < 1.29 is 9.85 Å². The molecule has 0 bridgehead atoms. The second-order valence-corrected chi connectivity index (χ2v) is 4.48. The lowest BCUT2D eigenvalue weighted by Crippen LogP contribution is -2.00. The van der Waals surface area contributed by atoms with Gasteiger partial charge in [0.2, 0.25) is 0 Å². The summed E-state index contributed by atoms with van der Waals surface area (Å²) in [7, 11) is 0. The van der Waals surface area contributed by atoms with Gasteiger partial charge in [0, 0.05) is 6.07 Å². The average molecular weight is 331 g/mol. The Morgan fingerprint density at radius 2 is 2.05 bits per heavy atom. The van der Waals surface area contributed by atoms with Crippen LogP contribution in [-0.4, -0.2) is 14.5 Å². The van der Waals surface area contributed by atoms with Crippen molar-refractivity contribution in [1.82, 2.24) is 0 Å². The van der Waals surface area contributed by atoms with Gasteiger partial charge >= 0.3 is 5.69 Å². The van der Waals surface area contributed by atoms with Crippen LogP contribution in [0.3, 0.4) is 0 Å². The van der Waals surface area contributed by atoms with Gasteiger partial charge in [-0.25, -0.2) is 0 Å². The fourth-order valence-electron chi connectivity index (χ4n) is 1.26. The van der Waals surface area contributed by atoms with Gasteiger partial charge in [0.25, 0.3) is 5.69 Å². The first-order chi connectivity index (χ1) is 8.95. The van der Waals surface area contributed by atoms with Gasteiger partial charge in [-0.2, -0.15) is 5.10 Å². The number of hydrazone groups is 1. The highest BCUT2D eigenvalue weighted by Crippen LogP contribution is 2.29. The highest BCUT2D eigenvalue weighted by Gasteiger charge is 2.19. The van der Waals surface area contributed by atoms with Crippen molar-refractivity contribution in [1.29, 1.82) is 0 Å². The zero-order chi connectivity index (χ0) is 14.4. The SMILES string of the molecule is CCCC(Br)=NNc1ccc([N+](=O)[O-])cc1[N+](=O)[O-]. The summed E-state index contributed by atoms with van der Waals surface area (Å²) in [6.07, 6.45) is 1.56. The van der Waals surface area contributed by atoms with Crippen molar-refractivity contribution in [3.05, 3.63) is 38.4 Å². The minimum atomic E-state index is -0.696. The molecule has 0 saturated carbocycles. The number of non-ortho nitro benzene ring substituents is 1. The van der Waals surface area contributed by atoms with E-state index >= 15 is 0 Å². The predicted molar refractivity (Wildman–Crippen MR) is 74.6 cm³/mol. The Hall–Kier alpha value is -2.03. The van der Waals surface area contributed by atoms with E-state index in [9.17, 15) is 20.2 Å². The molecule has 1 aromatic rings. The van der Waals surface area contributed by atoms with E-state index in [0.29, 0.717) is 11.0 Å². The molecule has 9 heteroatoms. The second-order valence-electron chi connectivity index (χ2n) is 3.57. The smallest absolute Gasteiger partial charge is 0.271 e. The van der Waals surface area contributed by atoms with Gasteiger partial charge in [0.05, 0.1) is 15.9 Å². The lowest BCUT2D eigenvalue weighted by molar-refractivity contribution is -0.393. The molecule has 0 amide bonds. The Morgan fingerprint density at radius 3 is 2.58 bits per heavy atom. The van der Waals surface area contributed by atoms with Crippen LogP contribution in [-0.2, 0) is 0 Å². The van der Waals surface area contributed by atoms with Crippen molar-refractivity contribution in [2.24, 2.45) is 5.10 Å². The van der Waals surface area contributed by atoms with E-state index in [1.807, 2.05) is 6.92 Å². The molecule has 0 spiro atoms. The molecular formula is C10H11BrN4O4. The predicted octanol–water partition coefficient (Wildman–Crippen LogP) is 3.42. The molecule has 0 aliphatic rings. The topological polar surface area (TPSA) is 111 Å². The number of anilines is 1. The molecule has 0 saturated heterocycles. The van der Waals surface area contributed by atoms with E-state index < -0.39 is 15.5 Å². The minimum Gasteiger partial charge on any atom is -0.271 e. The molecule has 0 aromatic heterocycles. The second kappa shape index (κ2) is 6.78. The number of nitrogens with zero attached hydrogens (tertiary/aromatic N) is 3. The van der Waals surface area contributed by atoms with Crippen LogP contribution < -0.4 is 5.43 Å². The molecule has 1 N–H and O–H groups in total. The molecule has 0 aliphatic carbocycles. The minimum absolute atomic E-state index is 0.101. The molecule has 1 rings (SSSR count). The van der Waals surface area contributed by atoms with Gasteiger partial charge in [-0.1, -0.05) is 6.92 Å². The molecule has 1 aromatic carbocycles. The summed E-state index contributed by atoms with van der Waals surface area (Å²) in [6, 6.07) is 3.33. The maximum Gasteiger partial charge on any atom is 0.301 e. The fourth-order valence-corrected chi connectivity index (χ4v) is 1.75. The van der Waals surface area contributed by atoms with Crippen LogP contribution in [0.5, 0.6) is 0 Å². The van der Waals surface area contributed by atoms with Gasteiger partial charge in [-0.3, -0.25) is 25.7 Å². The van der Waals surface area contributed by atoms with Crippen molar-refractivity contribution in [2.75, 3.05) is 5.43 Å². The van der Waals surface area contributed by atoms with Crippen molar-refractivity contribution >= 4 is 37.6 Å². The van der Waals surface area contributed by atoms with Gasteiger partial charge < -0.3 is 0 Å². The molecule has 0 atom stereocenters. The average Bonchev–Trinajstić information content (AvgIpc) is 2.36. The van der Waals surface area contributed by atoms with Crippen LogP contribution in [0, 0.1) is 20.2 Å². The maximum absolute atomic E-state index is 10.8. The molecular weight excluding hydrogens is 320 g/mol. The zero-order valence-electron chi connectivity index (χ0n) is 10.00. The number of hydrogen-bond donors (Lipinski definition) is 1. The van der Waals surface area contributed by atoms with E-state index in [4.69, 9.17) is 0 Å². The molecule has 102 valence electrons. The third-order valence-electron chi connectivity index (χ3n) is 2.14. The molecule has 0 heterocycles. The molecule has 19 heavy (non-hydrogen) atoms. The molecule has 0 aliphatic heterocycles. The Bertz CT molecular complexity index is 532. The maximum atomic E-state index is 10.8. The number of rotatable bonds is 6. The Balaban J connectivity index is 3.04. The standard InChI is InChI=1S/C10H11BrN4O4/c1-2-3-10(11)13-12-8-5-4-7(14(16)17)6-9(8)15(18)19/h4-6,12H,2-3H2,1H3. The van der Waals surface area contributed by atoms with Gasteiger partial charge in [0.1, 0.15) is 10.3 Å². The summed E-state index contributed by atoms with van der Waals surface area (Å²) in [4.78, 5) is 20.0. The van der Waals surface area contributed by atoms with E-state index in [1.54, 1.807) is 0 Å². The highest BCUT2D eigenvalue weighted by atomic mass is 79.9. The summed E-state index contributed by atoms with van der Waals surface area (Å²) in [5.74, 6) is 0. The van der Waals surface area contributed by atoms with Crippen LogP contribution in [0.15, 0.2) is 23.3 Å². The molecule has 0 radical (unpaired) electrons. The van der Waals surface area contributed by atoms with Crippen molar-refractivity contribution in [3.8, 4) is 0 Å². The number of halogens is 1. The van der Waals surface area contributed by atoms with Gasteiger partial charge in [-0.05, 0) is 34.8 Å². The van der Waals surface area contributed by atoms with E-state index in [2.05, 4.69) is 26.5 Å². The van der Waals surface area contributed by atoms with Gasteiger partial charge in [-0.15, -0.1) is 0 Å². The summed E-state index contributed by atoms with van der Waals surface area (Å²) < 4.78 is 0.614. The summed E-state index contributed by atoms with van der Waals surface area (Å²) in [5.41, 5.74) is 1.89. The third kappa shape index (κ3) is 4.28. The Morgan fingerprint density at radius 1 is 1.37 bits per heavy atom. The van der Waals surface area contributed by atoms with Crippen LogP contribution in [0.25, 0.3) is 0 Å². The first-order valence-corrected chi connectivity index (χ1v) is 6.16. The van der Waals surface area contributed by atoms with Crippen molar-refractivity contribution in [2.45, 2.75) is 19.8 Å². The van der Waals surface area contributed by atoms with Crippen LogP contribution in [0.4, 0.5) is 17.1 Å². The highest BCUT2D eigenvalue weighted by molar-refractivity contribution is 9.18. The summed E-state index contributed by atoms with van der Waals surface area (Å²) >= 11 is 3.20. The number of nitro benzene ring substituents is 2. The molecule has 8 nitrogen and oxygen atoms in total. The zero-order valence-corrected chi connectivity index (χ0v) is 11.6. The summed E-state index contributed by atoms with van der Waals surface area (Å²) in [5, 5.41) is 25.3. The third-order valence-corrected chi connectivity index (χ3v) is 2.72. The molecule has 0 fully saturated rings. The van der Waals surface area contributed by atoms with E-state index in [0.717, 1.165) is 12.5 Å². The Labute approximate surface area is 116 Å². The van der Waals surface area contributed by atoms with Crippen LogP contribution in [0.2, 0.25) is 0 Å². The van der Waals surface area contributed by atoms with E-state index in [1.165, 1.54) is 12.1 Å². The van der Waals surface area contributed by atoms with Crippen LogP contribution in [0.1, 0.15) is 19.8 Å². The first-order valence-electron chi connectivity index (χ1n) is 5.36. The lowest BCUT2D eigenvalue weighted by Gasteiger charge is -2.03. The van der Waals surface area contributed by atoms with Crippen molar-refractivity contribution in [3.63, 3.8) is 0 Å².